The maximum Gasteiger partial charge on any atom is 0.230 e. The van der Waals surface area contributed by atoms with Gasteiger partial charge in [0.1, 0.15) is 0 Å². The van der Waals surface area contributed by atoms with Gasteiger partial charge in [0.15, 0.2) is 0 Å². The highest BCUT2D eigenvalue weighted by atomic mass is 16.2. The lowest BCUT2D eigenvalue weighted by Crippen LogP contribution is -2.57. The van der Waals surface area contributed by atoms with Gasteiger partial charge in [0.05, 0.1) is 5.41 Å². The predicted molar refractivity (Wildman–Crippen MR) is 69.1 cm³/mol. The second-order valence-electron chi connectivity index (χ2n) is 5.69. The zero-order chi connectivity index (χ0) is 13.1. The largest absolute Gasteiger partial charge is 0.336 e. The molecular weight excluding hydrogens is 200 g/mol. The molecule has 2 N–H and O–H groups in total. The highest BCUT2D eigenvalue weighted by Crippen LogP contribution is 2.31. The second-order valence-corrected chi connectivity index (χ2v) is 5.69. The van der Waals surface area contributed by atoms with Crippen molar-refractivity contribution in [2.45, 2.75) is 53.1 Å². The summed E-state index contributed by atoms with van der Waals surface area (Å²) in [4.78, 5) is 14.2. The molecule has 0 fully saturated rings. The Morgan fingerprint density at radius 2 is 1.81 bits per heavy atom. The van der Waals surface area contributed by atoms with E-state index in [1.807, 2.05) is 46.4 Å². The van der Waals surface area contributed by atoms with E-state index in [1.54, 1.807) is 6.08 Å². The Morgan fingerprint density at radius 1 is 1.38 bits per heavy atom. The minimum atomic E-state index is -0.583. The lowest BCUT2D eigenvalue weighted by Gasteiger charge is -2.41. The first-order valence-corrected chi connectivity index (χ1v) is 5.76. The summed E-state index contributed by atoms with van der Waals surface area (Å²) in [6.45, 7) is 15.8. The third kappa shape index (κ3) is 3.08. The molecule has 0 heterocycles. The van der Waals surface area contributed by atoms with Crippen LogP contribution in [0.4, 0.5) is 0 Å². The van der Waals surface area contributed by atoms with E-state index < -0.39 is 11.0 Å². The van der Waals surface area contributed by atoms with Gasteiger partial charge in [0, 0.05) is 18.1 Å². The summed E-state index contributed by atoms with van der Waals surface area (Å²) < 4.78 is 0. The summed E-state index contributed by atoms with van der Waals surface area (Å²) in [6, 6.07) is 0.159. The van der Waals surface area contributed by atoms with E-state index in [1.165, 1.54) is 0 Å². The molecular formula is C13H26N2O. The van der Waals surface area contributed by atoms with Gasteiger partial charge in [-0.05, 0) is 41.5 Å². The summed E-state index contributed by atoms with van der Waals surface area (Å²) in [6.07, 6.45) is 1.75. The van der Waals surface area contributed by atoms with Gasteiger partial charge >= 0.3 is 0 Å². The van der Waals surface area contributed by atoms with E-state index in [9.17, 15) is 4.79 Å². The van der Waals surface area contributed by atoms with Crippen molar-refractivity contribution in [1.82, 2.24) is 4.90 Å². The van der Waals surface area contributed by atoms with E-state index in [2.05, 4.69) is 6.58 Å². The van der Waals surface area contributed by atoms with Crippen molar-refractivity contribution in [2.24, 2.45) is 11.1 Å². The first-order chi connectivity index (χ1) is 7.05. The van der Waals surface area contributed by atoms with Crippen LogP contribution in [0.3, 0.4) is 0 Å². The molecule has 0 unspecified atom stereocenters. The number of nitrogens with two attached hydrogens (primary N) is 1. The van der Waals surface area contributed by atoms with E-state index in [4.69, 9.17) is 5.73 Å². The molecule has 0 saturated carbocycles. The Hall–Kier alpha value is -0.830. The molecule has 0 aliphatic carbocycles. The van der Waals surface area contributed by atoms with E-state index >= 15 is 0 Å². The van der Waals surface area contributed by atoms with Crippen LogP contribution in [0.25, 0.3) is 0 Å². The van der Waals surface area contributed by atoms with Gasteiger partial charge < -0.3 is 10.6 Å². The molecule has 16 heavy (non-hydrogen) atoms. The van der Waals surface area contributed by atoms with Gasteiger partial charge in [0.2, 0.25) is 5.91 Å². The van der Waals surface area contributed by atoms with Crippen molar-refractivity contribution in [1.29, 1.82) is 0 Å². The molecule has 0 rings (SSSR count). The first kappa shape index (κ1) is 15.2. The van der Waals surface area contributed by atoms with Crippen molar-refractivity contribution in [3.05, 3.63) is 12.7 Å². The average molecular weight is 226 g/mol. The highest BCUT2D eigenvalue weighted by molar-refractivity contribution is 5.83. The van der Waals surface area contributed by atoms with E-state index in [0.717, 1.165) is 0 Å². The fourth-order valence-corrected chi connectivity index (χ4v) is 1.30. The zero-order valence-corrected chi connectivity index (χ0v) is 11.5. The third-order valence-corrected chi connectivity index (χ3v) is 3.36. The number of hydrogen-bond donors (Lipinski definition) is 1. The minimum absolute atomic E-state index is 0.0786. The summed E-state index contributed by atoms with van der Waals surface area (Å²) in [7, 11) is 0. The predicted octanol–water partition coefficient (Wildman–Crippen LogP) is 2.17. The quantitative estimate of drug-likeness (QED) is 0.730. The maximum atomic E-state index is 12.4. The van der Waals surface area contributed by atoms with Gasteiger partial charge in [-0.15, -0.1) is 6.58 Å². The van der Waals surface area contributed by atoms with Crippen LogP contribution in [0.5, 0.6) is 0 Å². The molecule has 3 nitrogen and oxygen atoms in total. The smallest absolute Gasteiger partial charge is 0.230 e. The Bertz CT molecular complexity index is 262. The number of amides is 1. The highest BCUT2D eigenvalue weighted by Gasteiger charge is 2.42. The third-order valence-electron chi connectivity index (χ3n) is 3.36. The Morgan fingerprint density at radius 3 is 2.06 bits per heavy atom. The minimum Gasteiger partial charge on any atom is -0.336 e. The van der Waals surface area contributed by atoms with Crippen molar-refractivity contribution in [3.63, 3.8) is 0 Å². The van der Waals surface area contributed by atoms with Crippen LogP contribution < -0.4 is 5.73 Å². The molecule has 0 bridgehead atoms. The van der Waals surface area contributed by atoms with Gasteiger partial charge in [-0.25, -0.2) is 0 Å². The number of carbonyl (C=O) groups is 1. The zero-order valence-electron chi connectivity index (χ0n) is 11.5. The molecule has 0 aromatic rings. The van der Waals surface area contributed by atoms with Crippen LogP contribution in [-0.2, 0) is 4.79 Å². The molecule has 0 saturated heterocycles. The Labute approximate surface area is 99.7 Å². The van der Waals surface area contributed by atoms with Crippen molar-refractivity contribution >= 4 is 5.91 Å². The van der Waals surface area contributed by atoms with Crippen LogP contribution in [0.2, 0.25) is 0 Å². The second kappa shape index (κ2) is 5.00. The van der Waals surface area contributed by atoms with Crippen LogP contribution in [0.15, 0.2) is 12.7 Å². The molecule has 0 aliphatic rings. The fourth-order valence-electron chi connectivity index (χ4n) is 1.30. The Balaban J connectivity index is 5.08. The van der Waals surface area contributed by atoms with E-state index in [-0.39, 0.29) is 11.9 Å². The summed E-state index contributed by atoms with van der Waals surface area (Å²) in [5, 5.41) is 0. The molecule has 0 aromatic heterocycles. The van der Waals surface area contributed by atoms with Crippen LogP contribution >= 0.6 is 0 Å². The SMILES string of the molecule is C=CCN(C(=O)C(C)(C)C(C)(C)N)C(C)C. The lowest BCUT2D eigenvalue weighted by atomic mass is 9.74. The average Bonchev–Trinajstić information content (AvgIpc) is 2.10. The number of hydrogen-bond acceptors (Lipinski definition) is 2. The van der Waals surface area contributed by atoms with Crippen LogP contribution in [0, 0.1) is 5.41 Å². The molecule has 0 atom stereocenters. The van der Waals surface area contributed by atoms with Crippen molar-refractivity contribution in [3.8, 4) is 0 Å². The van der Waals surface area contributed by atoms with Crippen LogP contribution in [0.1, 0.15) is 41.5 Å². The summed E-state index contributed by atoms with van der Waals surface area (Å²) in [5.74, 6) is 0.0786. The van der Waals surface area contributed by atoms with E-state index in [0.29, 0.717) is 6.54 Å². The molecule has 0 radical (unpaired) electrons. The lowest BCUT2D eigenvalue weighted by molar-refractivity contribution is -0.144. The fraction of sp³-hybridized carbons (Fsp3) is 0.769. The van der Waals surface area contributed by atoms with Gasteiger partial charge in [-0.3, -0.25) is 4.79 Å². The molecule has 0 aromatic carbocycles. The van der Waals surface area contributed by atoms with Gasteiger partial charge in [-0.1, -0.05) is 6.08 Å². The van der Waals surface area contributed by atoms with Gasteiger partial charge in [-0.2, -0.15) is 0 Å². The number of carbonyl (C=O) groups excluding carboxylic acids is 1. The monoisotopic (exact) mass is 226 g/mol. The Kier molecular flexibility index (Phi) is 4.74. The molecule has 94 valence electrons. The topological polar surface area (TPSA) is 46.3 Å². The summed E-state index contributed by atoms with van der Waals surface area (Å²) >= 11 is 0. The molecule has 0 spiro atoms. The van der Waals surface area contributed by atoms with Crippen LogP contribution in [-0.4, -0.2) is 28.9 Å². The maximum absolute atomic E-state index is 12.4. The molecule has 1 amide bonds. The van der Waals surface area contributed by atoms with Crippen molar-refractivity contribution < 1.29 is 4.79 Å². The first-order valence-electron chi connectivity index (χ1n) is 5.76. The number of nitrogens with zero attached hydrogens (tertiary/aromatic N) is 1. The summed E-state index contributed by atoms with van der Waals surface area (Å²) in [5.41, 5.74) is 4.95. The normalized spacial score (nSPS) is 12.8. The van der Waals surface area contributed by atoms with Gasteiger partial charge in [0.25, 0.3) is 0 Å². The standard InChI is InChI=1S/C13H26N2O/c1-8-9-15(10(2)3)11(16)12(4,5)13(6,7)14/h8,10H,1,9,14H2,2-7H3. The molecule has 3 heteroatoms. The molecule has 0 aliphatic heterocycles. The number of rotatable bonds is 5. The van der Waals surface area contributed by atoms with Crippen molar-refractivity contribution in [2.75, 3.05) is 6.54 Å².